The first-order valence-corrected chi connectivity index (χ1v) is 5.86. The van der Waals surface area contributed by atoms with Crippen molar-refractivity contribution in [2.75, 3.05) is 0 Å². The minimum atomic E-state index is 0.249. The van der Waals surface area contributed by atoms with E-state index in [1.54, 1.807) is 10.9 Å². The van der Waals surface area contributed by atoms with Crippen molar-refractivity contribution >= 4 is 11.0 Å². The molecule has 17 heavy (non-hydrogen) atoms. The fourth-order valence-corrected chi connectivity index (χ4v) is 1.62. The van der Waals surface area contributed by atoms with Crippen LogP contribution in [0.1, 0.15) is 44.9 Å². The van der Waals surface area contributed by atoms with Crippen molar-refractivity contribution in [1.29, 1.82) is 5.26 Å². The first kappa shape index (κ1) is 13.2. The summed E-state index contributed by atoms with van der Waals surface area (Å²) >= 11 is 0. The molecule has 4 nitrogen and oxygen atoms in total. The van der Waals surface area contributed by atoms with Gasteiger partial charge in [-0.25, -0.2) is 4.98 Å². The second-order valence-electron chi connectivity index (χ2n) is 3.87. The number of aryl methyl sites for hydroxylation is 1. The van der Waals surface area contributed by atoms with E-state index in [9.17, 15) is 0 Å². The van der Waals surface area contributed by atoms with Crippen LogP contribution in [0.4, 0.5) is 0 Å². The summed E-state index contributed by atoms with van der Waals surface area (Å²) in [5, 5.41) is 14.0. The predicted molar refractivity (Wildman–Crippen MR) is 68.7 cm³/mol. The van der Waals surface area contributed by atoms with Crippen LogP contribution in [0.25, 0.3) is 11.0 Å². The summed E-state index contributed by atoms with van der Waals surface area (Å²) in [7, 11) is 1.85. The van der Waals surface area contributed by atoms with Crippen LogP contribution in [0, 0.1) is 11.3 Å². The molecule has 2 aromatic rings. The van der Waals surface area contributed by atoms with Gasteiger partial charge in [-0.15, -0.1) is 0 Å². The topological polar surface area (TPSA) is 54.5 Å². The van der Waals surface area contributed by atoms with Gasteiger partial charge in [0.2, 0.25) is 0 Å². The van der Waals surface area contributed by atoms with E-state index in [0.29, 0.717) is 5.56 Å². The van der Waals surface area contributed by atoms with Gasteiger partial charge in [-0.2, -0.15) is 10.4 Å². The van der Waals surface area contributed by atoms with E-state index in [-0.39, 0.29) is 5.92 Å². The molecule has 2 aromatic heterocycles. The van der Waals surface area contributed by atoms with Crippen molar-refractivity contribution < 1.29 is 0 Å². The third-order valence-corrected chi connectivity index (χ3v) is 2.40. The summed E-state index contributed by atoms with van der Waals surface area (Å²) in [4.78, 5) is 4.48. The van der Waals surface area contributed by atoms with Gasteiger partial charge in [-0.1, -0.05) is 27.7 Å². The molecular formula is C13H18N4. The Labute approximate surface area is 102 Å². The van der Waals surface area contributed by atoms with Crippen LogP contribution in [0.2, 0.25) is 0 Å². The average Bonchev–Trinajstić information content (AvgIpc) is 2.71. The second kappa shape index (κ2) is 5.44. The van der Waals surface area contributed by atoms with E-state index in [2.05, 4.69) is 16.2 Å². The van der Waals surface area contributed by atoms with Gasteiger partial charge < -0.3 is 0 Å². The lowest BCUT2D eigenvalue weighted by molar-refractivity contribution is 0.769. The van der Waals surface area contributed by atoms with Crippen LogP contribution in [-0.4, -0.2) is 14.8 Å². The third-order valence-electron chi connectivity index (χ3n) is 2.40. The van der Waals surface area contributed by atoms with E-state index < -0.39 is 0 Å². The molecule has 0 atom stereocenters. The fraction of sp³-hybridized carbons (Fsp3) is 0.462. The zero-order valence-electron chi connectivity index (χ0n) is 11.0. The summed E-state index contributed by atoms with van der Waals surface area (Å²) < 4.78 is 1.72. The highest BCUT2D eigenvalue weighted by molar-refractivity contribution is 5.76. The first-order valence-electron chi connectivity index (χ1n) is 5.86. The van der Waals surface area contributed by atoms with Gasteiger partial charge in [0.05, 0.1) is 17.5 Å². The molecule has 0 radical (unpaired) electrons. The second-order valence-corrected chi connectivity index (χ2v) is 3.87. The number of nitrogens with zero attached hydrogens (tertiary/aromatic N) is 4. The smallest absolute Gasteiger partial charge is 0.157 e. The summed E-state index contributed by atoms with van der Waals surface area (Å²) in [6.45, 7) is 8.07. The van der Waals surface area contributed by atoms with Gasteiger partial charge in [0.15, 0.2) is 5.65 Å². The molecule has 0 amide bonds. The van der Waals surface area contributed by atoms with Crippen LogP contribution < -0.4 is 0 Å². The van der Waals surface area contributed by atoms with Crippen LogP contribution in [0.3, 0.4) is 0 Å². The van der Waals surface area contributed by atoms with Gasteiger partial charge in [-0.3, -0.25) is 4.68 Å². The molecule has 0 unspecified atom stereocenters. The zero-order chi connectivity index (χ0) is 13.0. The lowest BCUT2D eigenvalue weighted by atomic mass is 10.0. The molecular weight excluding hydrogens is 212 g/mol. The van der Waals surface area contributed by atoms with Crippen LogP contribution in [-0.2, 0) is 7.05 Å². The van der Waals surface area contributed by atoms with Crippen molar-refractivity contribution in [3.8, 4) is 6.07 Å². The first-order chi connectivity index (χ1) is 8.13. The standard InChI is InChI=1S/C11H12N4.C2H6/c1-7(2)10-8(5-12)4-9-6-13-15(3)11(9)14-10;1-2/h4,6-7H,1-3H3;1-2H3. The molecule has 0 aliphatic heterocycles. The number of pyridine rings is 1. The maximum absolute atomic E-state index is 9.02. The maximum atomic E-state index is 9.02. The van der Waals surface area contributed by atoms with Crippen molar-refractivity contribution in [3.63, 3.8) is 0 Å². The highest BCUT2D eigenvalue weighted by Gasteiger charge is 2.11. The molecule has 90 valence electrons. The van der Waals surface area contributed by atoms with Gasteiger partial charge in [-0.05, 0) is 12.0 Å². The Balaban J connectivity index is 0.000000686. The lowest BCUT2D eigenvalue weighted by Gasteiger charge is -2.06. The molecule has 0 saturated carbocycles. The Morgan fingerprint density at radius 2 is 2.00 bits per heavy atom. The minimum absolute atomic E-state index is 0.249. The van der Waals surface area contributed by atoms with Crippen LogP contribution in [0.15, 0.2) is 12.3 Å². The normalized spacial score (nSPS) is 9.94. The Morgan fingerprint density at radius 1 is 1.35 bits per heavy atom. The molecule has 0 fully saturated rings. The molecule has 0 N–H and O–H groups in total. The molecule has 0 spiro atoms. The van der Waals surface area contributed by atoms with Crippen molar-refractivity contribution in [2.45, 2.75) is 33.6 Å². The molecule has 0 aliphatic carbocycles. The minimum Gasteiger partial charge on any atom is -0.250 e. The Hall–Kier alpha value is -1.89. The molecule has 0 bridgehead atoms. The molecule has 0 aliphatic rings. The summed E-state index contributed by atoms with van der Waals surface area (Å²) in [5.74, 6) is 0.249. The molecule has 2 rings (SSSR count). The molecule has 0 aromatic carbocycles. The Kier molecular flexibility index (Phi) is 4.22. The van der Waals surface area contributed by atoms with Crippen LogP contribution in [0.5, 0.6) is 0 Å². The quantitative estimate of drug-likeness (QED) is 0.756. The predicted octanol–water partition coefficient (Wildman–Crippen LogP) is 2.99. The van der Waals surface area contributed by atoms with Gasteiger partial charge in [0.25, 0.3) is 0 Å². The number of hydrogen-bond acceptors (Lipinski definition) is 3. The number of fused-ring (bicyclic) bond motifs is 1. The van der Waals surface area contributed by atoms with E-state index in [1.165, 1.54) is 0 Å². The SMILES string of the molecule is CC.CC(C)c1nc2c(cnn2C)cc1C#N. The molecule has 4 heteroatoms. The van der Waals surface area contributed by atoms with Crippen molar-refractivity contribution in [3.05, 3.63) is 23.5 Å². The number of aromatic nitrogens is 3. The fourth-order valence-electron chi connectivity index (χ4n) is 1.62. The summed E-state index contributed by atoms with van der Waals surface area (Å²) in [5.41, 5.74) is 2.32. The highest BCUT2D eigenvalue weighted by atomic mass is 15.3. The maximum Gasteiger partial charge on any atom is 0.157 e. The Bertz CT molecular complexity index is 546. The monoisotopic (exact) mass is 230 g/mol. The highest BCUT2D eigenvalue weighted by Crippen LogP contribution is 2.21. The Morgan fingerprint density at radius 3 is 2.53 bits per heavy atom. The zero-order valence-corrected chi connectivity index (χ0v) is 11.0. The van der Waals surface area contributed by atoms with E-state index in [1.807, 2.05) is 40.8 Å². The lowest BCUT2D eigenvalue weighted by Crippen LogP contribution is -2.00. The van der Waals surface area contributed by atoms with E-state index >= 15 is 0 Å². The van der Waals surface area contributed by atoms with Crippen molar-refractivity contribution in [1.82, 2.24) is 14.8 Å². The average molecular weight is 230 g/mol. The van der Waals surface area contributed by atoms with Gasteiger partial charge in [0, 0.05) is 12.4 Å². The van der Waals surface area contributed by atoms with Gasteiger partial charge in [0.1, 0.15) is 6.07 Å². The number of rotatable bonds is 1. The number of nitriles is 1. The summed E-state index contributed by atoms with van der Waals surface area (Å²) in [6, 6.07) is 4.03. The van der Waals surface area contributed by atoms with Crippen LogP contribution >= 0.6 is 0 Å². The molecule has 2 heterocycles. The molecule has 0 saturated heterocycles. The number of hydrogen-bond donors (Lipinski definition) is 0. The third kappa shape index (κ3) is 2.44. The van der Waals surface area contributed by atoms with E-state index in [0.717, 1.165) is 16.7 Å². The van der Waals surface area contributed by atoms with Crippen molar-refractivity contribution in [2.24, 2.45) is 7.05 Å². The van der Waals surface area contributed by atoms with Gasteiger partial charge >= 0.3 is 0 Å². The van der Waals surface area contributed by atoms with E-state index in [4.69, 9.17) is 5.26 Å². The largest absolute Gasteiger partial charge is 0.250 e. The summed E-state index contributed by atoms with van der Waals surface area (Å²) in [6.07, 6.45) is 1.73.